The first-order valence-corrected chi connectivity index (χ1v) is 11.5. The standard InChI is InChI=1S/C22H24FN3O3S/c23-18-6-9-20(10-7-18)30(28,29)25-14-15-1-3-17(4-2-15)22(27)26-19-8-5-16-11-12-24-21(16)13-19/h5-13,15,17,24-25H,1-4,14H2,(H,26,27). The van der Waals surface area contributed by atoms with Crippen LogP contribution in [0.2, 0.25) is 0 Å². The summed E-state index contributed by atoms with van der Waals surface area (Å²) in [6, 6.07) is 12.5. The lowest BCUT2D eigenvalue weighted by Gasteiger charge is -2.27. The van der Waals surface area contributed by atoms with Gasteiger partial charge < -0.3 is 10.3 Å². The molecule has 1 amide bonds. The van der Waals surface area contributed by atoms with E-state index in [1.165, 1.54) is 12.1 Å². The van der Waals surface area contributed by atoms with E-state index in [-0.39, 0.29) is 22.6 Å². The van der Waals surface area contributed by atoms with Gasteiger partial charge in [-0.25, -0.2) is 17.5 Å². The van der Waals surface area contributed by atoms with Gasteiger partial charge in [0.15, 0.2) is 0 Å². The number of H-pyrrole nitrogens is 1. The van der Waals surface area contributed by atoms with Gasteiger partial charge in [0.25, 0.3) is 0 Å². The molecule has 0 spiro atoms. The van der Waals surface area contributed by atoms with Crippen LogP contribution >= 0.6 is 0 Å². The SMILES string of the molecule is O=C(Nc1ccc2cc[nH]c2c1)C1CCC(CNS(=O)(=O)c2ccc(F)cc2)CC1. The maximum atomic E-state index is 13.0. The second-order valence-electron chi connectivity index (χ2n) is 7.79. The normalized spacial score (nSPS) is 19.6. The van der Waals surface area contributed by atoms with Gasteiger partial charge in [0, 0.05) is 29.9 Å². The molecule has 0 radical (unpaired) electrons. The van der Waals surface area contributed by atoms with E-state index in [0.717, 1.165) is 54.4 Å². The number of benzene rings is 2. The van der Waals surface area contributed by atoms with Gasteiger partial charge in [-0.05, 0) is 79.5 Å². The van der Waals surface area contributed by atoms with Crippen molar-refractivity contribution in [3.8, 4) is 0 Å². The average molecular weight is 430 g/mol. The summed E-state index contributed by atoms with van der Waals surface area (Å²) < 4.78 is 40.3. The third-order valence-electron chi connectivity index (χ3n) is 5.73. The van der Waals surface area contributed by atoms with E-state index in [1.807, 2.05) is 30.5 Å². The quantitative estimate of drug-likeness (QED) is 0.552. The molecule has 3 aromatic rings. The minimum Gasteiger partial charge on any atom is -0.361 e. The number of rotatable bonds is 6. The lowest BCUT2D eigenvalue weighted by molar-refractivity contribution is -0.121. The van der Waals surface area contributed by atoms with E-state index < -0.39 is 15.8 Å². The fourth-order valence-electron chi connectivity index (χ4n) is 3.92. The van der Waals surface area contributed by atoms with Gasteiger partial charge in [-0.15, -0.1) is 0 Å². The highest BCUT2D eigenvalue weighted by Gasteiger charge is 2.27. The van der Waals surface area contributed by atoms with Crippen molar-refractivity contribution >= 4 is 32.5 Å². The molecule has 3 N–H and O–H groups in total. The molecule has 1 saturated carbocycles. The molecule has 0 aliphatic heterocycles. The fraction of sp³-hybridized carbons (Fsp3) is 0.318. The number of carbonyl (C=O) groups is 1. The van der Waals surface area contributed by atoms with E-state index in [2.05, 4.69) is 15.0 Å². The van der Waals surface area contributed by atoms with Crippen molar-refractivity contribution in [2.45, 2.75) is 30.6 Å². The van der Waals surface area contributed by atoms with Gasteiger partial charge >= 0.3 is 0 Å². The Hall–Kier alpha value is -2.71. The van der Waals surface area contributed by atoms with E-state index in [4.69, 9.17) is 0 Å². The number of anilines is 1. The molecule has 1 fully saturated rings. The second kappa shape index (κ2) is 8.57. The zero-order chi connectivity index (χ0) is 21.1. The van der Waals surface area contributed by atoms with Gasteiger partial charge in [-0.2, -0.15) is 0 Å². The molecular weight excluding hydrogens is 405 g/mol. The van der Waals surface area contributed by atoms with Gasteiger partial charge in [-0.1, -0.05) is 6.07 Å². The molecule has 2 aromatic carbocycles. The molecule has 30 heavy (non-hydrogen) atoms. The summed E-state index contributed by atoms with van der Waals surface area (Å²) in [7, 11) is -3.66. The lowest BCUT2D eigenvalue weighted by atomic mass is 9.81. The minimum atomic E-state index is -3.66. The second-order valence-corrected chi connectivity index (χ2v) is 9.56. The zero-order valence-corrected chi connectivity index (χ0v) is 17.2. The first-order valence-electron chi connectivity index (χ1n) is 10.0. The first kappa shape index (κ1) is 20.6. The molecule has 158 valence electrons. The van der Waals surface area contributed by atoms with Crippen LogP contribution in [-0.2, 0) is 14.8 Å². The number of aromatic amines is 1. The van der Waals surface area contributed by atoms with Crippen molar-refractivity contribution in [1.29, 1.82) is 0 Å². The Kier molecular flexibility index (Phi) is 5.87. The van der Waals surface area contributed by atoms with Crippen LogP contribution in [0.3, 0.4) is 0 Å². The molecule has 1 aliphatic carbocycles. The number of amides is 1. The summed E-state index contributed by atoms with van der Waals surface area (Å²) in [5.41, 5.74) is 1.74. The van der Waals surface area contributed by atoms with E-state index >= 15 is 0 Å². The van der Waals surface area contributed by atoms with Crippen LogP contribution in [0.1, 0.15) is 25.7 Å². The number of halogens is 1. The Morgan fingerprint density at radius 2 is 1.77 bits per heavy atom. The summed E-state index contributed by atoms with van der Waals surface area (Å²) in [5, 5.41) is 4.08. The molecule has 6 nitrogen and oxygen atoms in total. The number of hydrogen-bond acceptors (Lipinski definition) is 3. The van der Waals surface area contributed by atoms with E-state index in [1.54, 1.807) is 0 Å². The molecule has 0 unspecified atom stereocenters. The fourth-order valence-corrected chi connectivity index (χ4v) is 5.04. The van der Waals surface area contributed by atoms with Gasteiger partial charge in [0.05, 0.1) is 4.90 Å². The molecule has 1 aromatic heterocycles. The number of fused-ring (bicyclic) bond motifs is 1. The molecule has 4 rings (SSSR count). The van der Waals surface area contributed by atoms with Crippen molar-refractivity contribution in [2.75, 3.05) is 11.9 Å². The monoisotopic (exact) mass is 429 g/mol. The van der Waals surface area contributed by atoms with Crippen LogP contribution in [0.5, 0.6) is 0 Å². The third kappa shape index (κ3) is 4.71. The lowest BCUT2D eigenvalue weighted by Crippen LogP contribution is -2.33. The Bertz CT molecular complexity index is 1130. The summed E-state index contributed by atoms with van der Waals surface area (Å²) in [6.45, 7) is 0.317. The maximum absolute atomic E-state index is 13.0. The smallest absolute Gasteiger partial charge is 0.240 e. The summed E-state index contributed by atoms with van der Waals surface area (Å²) >= 11 is 0. The van der Waals surface area contributed by atoms with E-state index in [9.17, 15) is 17.6 Å². The largest absolute Gasteiger partial charge is 0.361 e. The highest BCUT2D eigenvalue weighted by atomic mass is 32.2. The molecule has 0 bridgehead atoms. The summed E-state index contributed by atoms with van der Waals surface area (Å²) in [4.78, 5) is 15.8. The van der Waals surface area contributed by atoms with Crippen LogP contribution in [0, 0.1) is 17.7 Å². The minimum absolute atomic E-state index is 0.00579. The van der Waals surface area contributed by atoms with Crippen molar-refractivity contribution in [3.05, 3.63) is 60.5 Å². The highest BCUT2D eigenvalue weighted by molar-refractivity contribution is 7.89. The number of aromatic nitrogens is 1. The maximum Gasteiger partial charge on any atom is 0.240 e. The molecule has 8 heteroatoms. The van der Waals surface area contributed by atoms with Gasteiger partial charge in [0.2, 0.25) is 15.9 Å². The van der Waals surface area contributed by atoms with Crippen LogP contribution in [0.25, 0.3) is 10.9 Å². The third-order valence-corrected chi connectivity index (χ3v) is 7.17. The molecule has 1 aliphatic rings. The van der Waals surface area contributed by atoms with Crippen LogP contribution in [0.15, 0.2) is 59.6 Å². The van der Waals surface area contributed by atoms with Crippen LogP contribution in [-0.4, -0.2) is 25.9 Å². The zero-order valence-electron chi connectivity index (χ0n) is 16.4. The molecule has 0 saturated heterocycles. The van der Waals surface area contributed by atoms with Gasteiger partial charge in [0.1, 0.15) is 5.82 Å². The predicted molar refractivity (Wildman–Crippen MR) is 114 cm³/mol. The van der Waals surface area contributed by atoms with Crippen molar-refractivity contribution in [2.24, 2.45) is 11.8 Å². The van der Waals surface area contributed by atoms with Crippen molar-refractivity contribution in [3.63, 3.8) is 0 Å². The first-order chi connectivity index (χ1) is 14.4. The topological polar surface area (TPSA) is 91.1 Å². The Morgan fingerprint density at radius 3 is 2.50 bits per heavy atom. The number of sulfonamides is 1. The number of hydrogen-bond donors (Lipinski definition) is 3. The van der Waals surface area contributed by atoms with Crippen LogP contribution in [0.4, 0.5) is 10.1 Å². The van der Waals surface area contributed by atoms with Gasteiger partial charge in [-0.3, -0.25) is 4.79 Å². The molecule has 1 heterocycles. The predicted octanol–water partition coefficient (Wildman–Crippen LogP) is 4.03. The van der Waals surface area contributed by atoms with E-state index in [0.29, 0.717) is 6.54 Å². The summed E-state index contributed by atoms with van der Waals surface area (Å²) in [6.07, 6.45) is 4.86. The van der Waals surface area contributed by atoms with Crippen LogP contribution < -0.4 is 10.0 Å². The van der Waals surface area contributed by atoms with Crippen molar-refractivity contribution in [1.82, 2.24) is 9.71 Å². The molecular formula is C22H24FN3O3S. The molecule has 0 atom stereocenters. The number of nitrogens with one attached hydrogen (secondary N) is 3. The Balaban J connectivity index is 1.27. The summed E-state index contributed by atoms with van der Waals surface area (Å²) in [5.74, 6) is -0.363. The van der Waals surface area contributed by atoms with Crippen molar-refractivity contribution < 1.29 is 17.6 Å². The Morgan fingerprint density at radius 1 is 1.03 bits per heavy atom. The number of carbonyl (C=O) groups excluding carboxylic acids is 1. The average Bonchev–Trinajstić information content (AvgIpc) is 3.21. The highest BCUT2D eigenvalue weighted by Crippen LogP contribution is 2.30. The Labute approximate surface area is 174 Å².